The van der Waals surface area contributed by atoms with Gasteiger partial charge < -0.3 is 9.32 Å². The molecule has 2 heterocycles. The van der Waals surface area contributed by atoms with Crippen molar-refractivity contribution in [1.82, 2.24) is 9.62 Å². The summed E-state index contributed by atoms with van der Waals surface area (Å²) in [7, 11) is -2.37. The van der Waals surface area contributed by atoms with Crippen LogP contribution < -0.4 is 4.72 Å². The summed E-state index contributed by atoms with van der Waals surface area (Å²) >= 11 is 0. The topological polar surface area (TPSA) is 79.6 Å². The second kappa shape index (κ2) is 6.78. The lowest BCUT2D eigenvalue weighted by molar-refractivity contribution is 0.0675. The highest BCUT2D eigenvalue weighted by Crippen LogP contribution is 2.28. The van der Waals surface area contributed by atoms with Crippen molar-refractivity contribution in [3.63, 3.8) is 0 Å². The number of sulfonamides is 1. The van der Waals surface area contributed by atoms with Crippen LogP contribution in [0.4, 0.5) is 0 Å². The molecule has 0 atom stereocenters. The first kappa shape index (κ1) is 16.7. The normalized spacial score (nSPS) is 16.3. The van der Waals surface area contributed by atoms with Crippen molar-refractivity contribution in [3.8, 4) is 0 Å². The molecule has 1 fully saturated rings. The molecule has 128 valence electrons. The summed E-state index contributed by atoms with van der Waals surface area (Å²) in [5.74, 6) is 0.244. The van der Waals surface area contributed by atoms with Crippen molar-refractivity contribution in [2.24, 2.45) is 0 Å². The molecule has 0 radical (unpaired) electrons. The summed E-state index contributed by atoms with van der Waals surface area (Å²) in [6, 6.07) is 13.0. The summed E-state index contributed by atoms with van der Waals surface area (Å²) in [5, 5.41) is -0.243. The Morgan fingerprint density at radius 3 is 2.42 bits per heavy atom. The van der Waals surface area contributed by atoms with Crippen molar-refractivity contribution in [2.45, 2.75) is 23.9 Å². The third kappa shape index (κ3) is 3.37. The second-order valence-electron chi connectivity index (χ2n) is 5.80. The van der Waals surface area contributed by atoms with Crippen LogP contribution in [0.5, 0.6) is 0 Å². The van der Waals surface area contributed by atoms with Crippen molar-refractivity contribution in [2.75, 3.05) is 20.1 Å². The zero-order valence-corrected chi connectivity index (χ0v) is 14.3. The maximum absolute atomic E-state index is 12.5. The second-order valence-corrected chi connectivity index (χ2v) is 7.62. The average molecular weight is 348 g/mol. The van der Waals surface area contributed by atoms with Gasteiger partial charge in [0.15, 0.2) is 5.76 Å². The van der Waals surface area contributed by atoms with E-state index >= 15 is 0 Å². The van der Waals surface area contributed by atoms with Crippen LogP contribution in [0.1, 0.15) is 34.9 Å². The molecule has 2 aromatic rings. The number of furan rings is 1. The highest BCUT2D eigenvalue weighted by Gasteiger charge is 2.27. The summed E-state index contributed by atoms with van der Waals surface area (Å²) in [6.45, 7) is 1.26. The molecule has 1 aromatic heterocycles. The predicted molar refractivity (Wildman–Crippen MR) is 89.3 cm³/mol. The smallest absolute Gasteiger partial charge is 0.289 e. The minimum Gasteiger partial charge on any atom is -0.438 e. The van der Waals surface area contributed by atoms with E-state index in [2.05, 4.69) is 16.9 Å². The number of benzene rings is 1. The number of hydrogen-bond acceptors (Lipinski definition) is 4. The van der Waals surface area contributed by atoms with Gasteiger partial charge in [-0.2, -0.15) is 0 Å². The number of carbonyl (C=O) groups excluding carboxylic acids is 1. The fourth-order valence-electron chi connectivity index (χ4n) is 2.98. The molecule has 3 rings (SSSR count). The number of amides is 1. The fraction of sp³-hybridized carbons (Fsp3) is 0.353. The van der Waals surface area contributed by atoms with E-state index in [9.17, 15) is 13.2 Å². The molecule has 0 saturated carbocycles. The summed E-state index contributed by atoms with van der Waals surface area (Å²) in [5.41, 5.74) is 1.30. The number of hydrogen-bond donors (Lipinski definition) is 1. The van der Waals surface area contributed by atoms with E-state index in [4.69, 9.17) is 4.42 Å². The van der Waals surface area contributed by atoms with Crippen LogP contribution in [0.2, 0.25) is 0 Å². The average Bonchev–Trinajstić information content (AvgIpc) is 3.13. The largest absolute Gasteiger partial charge is 0.438 e. The van der Waals surface area contributed by atoms with E-state index in [0.717, 1.165) is 12.8 Å². The number of nitrogens with zero attached hydrogens (tertiary/aromatic N) is 1. The monoisotopic (exact) mass is 348 g/mol. The molecular weight excluding hydrogens is 328 g/mol. The summed E-state index contributed by atoms with van der Waals surface area (Å²) in [4.78, 5) is 14.2. The van der Waals surface area contributed by atoms with Gasteiger partial charge in [-0.15, -0.1) is 0 Å². The van der Waals surface area contributed by atoms with Gasteiger partial charge in [-0.3, -0.25) is 4.79 Å². The first-order valence-electron chi connectivity index (χ1n) is 7.89. The lowest BCUT2D eigenvalue weighted by Gasteiger charge is -2.31. The highest BCUT2D eigenvalue weighted by atomic mass is 32.2. The molecule has 1 aromatic carbocycles. The van der Waals surface area contributed by atoms with Crippen LogP contribution in [-0.4, -0.2) is 39.4 Å². The number of nitrogens with one attached hydrogen (secondary N) is 1. The maximum Gasteiger partial charge on any atom is 0.289 e. The number of rotatable bonds is 4. The molecule has 1 amide bonds. The lowest BCUT2D eigenvalue weighted by Crippen LogP contribution is -2.37. The quantitative estimate of drug-likeness (QED) is 0.919. The molecule has 24 heavy (non-hydrogen) atoms. The molecule has 1 N–H and O–H groups in total. The standard InChI is InChI=1S/C17H20N2O4S/c1-18-24(21,22)16-8-7-15(23-16)17(20)19-11-9-14(10-12-19)13-5-3-2-4-6-13/h2-8,14,18H,9-12H2,1H3. The first-order chi connectivity index (χ1) is 11.5. The molecule has 6 nitrogen and oxygen atoms in total. The zero-order valence-electron chi connectivity index (χ0n) is 13.4. The molecule has 1 saturated heterocycles. The van der Waals surface area contributed by atoms with Crippen molar-refractivity contribution in [3.05, 3.63) is 53.8 Å². The molecule has 0 aliphatic carbocycles. The molecule has 1 aliphatic rings. The van der Waals surface area contributed by atoms with Gasteiger partial charge in [0, 0.05) is 13.1 Å². The Kier molecular flexibility index (Phi) is 4.73. The minimum atomic E-state index is -3.67. The van der Waals surface area contributed by atoms with Gasteiger partial charge in [-0.05, 0) is 43.5 Å². The van der Waals surface area contributed by atoms with E-state index < -0.39 is 10.0 Å². The van der Waals surface area contributed by atoms with Gasteiger partial charge in [0.05, 0.1) is 0 Å². The third-order valence-corrected chi connectivity index (χ3v) is 5.67. The van der Waals surface area contributed by atoms with Gasteiger partial charge in [0.2, 0.25) is 5.09 Å². The minimum absolute atomic E-state index is 0.0574. The van der Waals surface area contributed by atoms with E-state index in [1.54, 1.807) is 4.90 Å². The van der Waals surface area contributed by atoms with E-state index in [1.807, 2.05) is 18.2 Å². The van der Waals surface area contributed by atoms with Crippen LogP contribution in [-0.2, 0) is 10.0 Å². The molecule has 0 unspecified atom stereocenters. The summed E-state index contributed by atoms with van der Waals surface area (Å²) in [6.07, 6.45) is 1.77. The van der Waals surface area contributed by atoms with Gasteiger partial charge in [0.25, 0.3) is 15.9 Å². The van der Waals surface area contributed by atoms with Crippen molar-refractivity contribution in [1.29, 1.82) is 0 Å². The van der Waals surface area contributed by atoms with E-state index in [0.29, 0.717) is 19.0 Å². The van der Waals surface area contributed by atoms with Gasteiger partial charge >= 0.3 is 0 Å². The van der Waals surface area contributed by atoms with Gasteiger partial charge in [-0.25, -0.2) is 13.1 Å². The first-order valence-corrected chi connectivity index (χ1v) is 9.37. The Labute approximate surface area is 141 Å². The highest BCUT2D eigenvalue weighted by molar-refractivity contribution is 7.89. The van der Waals surface area contributed by atoms with Crippen molar-refractivity contribution >= 4 is 15.9 Å². The van der Waals surface area contributed by atoms with Crippen LogP contribution in [0.25, 0.3) is 0 Å². The SMILES string of the molecule is CNS(=O)(=O)c1ccc(C(=O)N2CCC(c3ccccc3)CC2)o1. The Bertz CT molecular complexity index is 806. The van der Waals surface area contributed by atoms with Gasteiger partial charge in [-0.1, -0.05) is 30.3 Å². The molecule has 0 bridgehead atoms. The molecule has 1 aliphatic heterocycles. The van der Waals surface area contributed by atoms with Crippen LogP contribution in [0.15, 0.2) is 52.0 Å². The fourth-order valence-corrected chi connectivity index (χ4v) is 3.62. The Morgan fingerprint density at radius 1 is 1.12 bits per heavy atom. The molecule has 0 spiro atoms. The number of carbonyl (C=O) groups is 1. The van der Waals surface area contributed by atoms with Gasteiger partial charge in [0.1, 0.15) is 0 Å². The van der Waals surface area contributed by atoms with Crippen molar-refractivity contribution < 1.29 is 17.6 Å². The Hall–Kier alpha value is -2.12. The molecular formula is C17H20N2O4S. The van der Waals surface area contributed by atoms with Crippen LogP contribution >= 0.6 is 0 Å². The Morgan fingerprint density at radius 2 is 1.79 bits per heavy atom. The molecule has 7 heteroatoms. The van der Waals surface area contributed by atoms with E-state index in [1.165, 1.54) is 24.7 Å². The Balaban J connectivity index is 1.65. The van der Waals surface area contributed by atoms with Crippen LogP contribution in [0, 0.1) is 0 Å². The zero-order chi connectivity index (χ0) is 17.2. The predicted octanol–water partition coefficient (Wildman–Crippen LogP) is 2.21. The van der Waals surface area contributed by atoms with E-state index in [-0.39, 0.29) is 16.8 Å². The maximum atomic E-state index is 12.5. The summed E-state index contributed by atoms with van der Waals surface area (Å²) < 4.78 is 30.8. The third-order valence-electron chi connectivity index (χ3n) is 4.38. The van der Waals surface area contributed by atoms with Crippen LogP contribution in [0.3, 0.4) is 0 Å². The number of likely N-dealkylation sites (tertiary alicyclic amines) is 1. The lowest BCUT2D eigenvalue weighted by atomic mass is 9.89. The number of piperidine rings is 1.